The fourth-order valence-electron chi connectivity index (χ4n) is 3.27. The third-order valence-corrected chi connectivity index (χ3v) is 4.53. The highest BCUT2D eigenvalue weighted by Crippen LogP contribution is 2.41. The SMILES string of the molecule is CN(CC1CCC1)C1CC(N)c2ccccc21. The van der Waals surface area contributed by atoms with Crippen LogP contribution in [0, 0.1) is 5.92 Å². The van der Waals surface area contributed by atoms with E-state index in [1.807, 2.05) is 0 Å². The van der Waals surface area contributed by atoms with E-state index in [0.717, 1.165) is 12.3 Å². The van der Waals surface area contributed by atoms with Gasteiger partial charge in [-0.2, -0.15) is 0 Å². The Labute approximate surface area is 104 Å². The molecular weight excluding hydrogens is 208 g/mol. The summed E-state index contributed by atoms with van der Waals surface area (Å²) in [6.45, 7) is 1.24. The van der Waals surface area contributed by atoms with Crippen molar-refractivity contribution in [3.63, 3.8) is 0 Å². The third-order valence-electron chi connectivity index (χ3n) is 4.53. The van der Waals surface area contributed by atoms with Crippen LogP contribution in [0.1, 0.15) is 48.9 Å². The van der Waals surface area contributed by atoms with Crippen molar-refractivity contribution in [2.75, 3.05) is 13.6 Å². The molecule has 2 unspecified atom stereocenters. The fraction of sp³-hybridized carbons (Fsp3) is 0.600. The molecule has 3 rings (SSSR count). The smallest absolute Gasteiger partial charge is 0.0366 e. The molecule has 0 bridgehead atoms. The number of fused-ring (bicyclic) bond motifs is 1. The summed E-state index contributed by atoms with van der Waals surface area (Å²) in [5.41, 5.74) is 9.04. The largest absolute Gasteiger partial charge is 0.324 e. The number of rotatable bonds is 3. The minimum atomic E-state index is 0.236. The van der Waals surface area contributed by atoms with E-state index < -0.39 is 0 Å². The topological polar surface area (TPSA) is 29.3 Å². The molecule has 2 nitrogen and oxygen atoms in total. The molecule has 1 fully saturated rings. The van der Waals surface area contributed by atoms with Gasteiger partial charge in [-0.05, 0) is 43.4 Å². The van der Waals surface area contributed by atoms with E-state index in [-0.39, 0.29) is 6.04 Å². The number of nitrogens with zero attached hydrogens (tertiary/aromatic N) is 1. The molecule has 92 valence electrons. The van der Waals surface area contributed by atoms with Crippen LogP contribution in [0.25, 0.3) is 0 Å². The zero-order valence-electron chi connectivity index (χ0n) is 10.6. The zero-order valence-corrected chi connectivity index (χ0v) is 10.6. The predicted octanol–water partition coefficient (Wildman–Crippen LogP) is 2.86. The maximum atomic E-state index is 6.23. The highest BCUT2D eigenvalue weighted by Gasteiger charge is 2.32. The van der Waals surface area contributed by atoms with Gasteiger partial charge in [-0.15, -0.1) is 0 Å². The molecule has 0 radical (unpaired) electrons. The molecule has 0 aromatic heterocycles. The molecule has 1 aromatic carbocycles. The van der Waals surface area contributed by atoms with Crippen LogP contribution in [-0.4, -0.2) is 18.5 Å². The first-order valence-electron chi connectivity index (χ1n) is 6.80. The van der Waals surface area contributed by atoms with Crippen LogP contribution in [-0.2, 0) is 0 Å². The Morgan fingerprint density at radius 2 is 1.94 bits per heavy atom. The molecular formula is C15H22N2. The van der Waals surface area contributed by atoms with E-state index in [0.29, 0.717) is 6.04 Å². The van der Waals surface area contributed by atoms with Crippen LogP contribution in [0.5, 0.6) is 0 Å². The lowest BCUT2D eigenvalue weighted by Crippen LogP contribution is -2.32. The standard InChI is InChI=1S/C15H22N2/c1-17(10-11-5-4-6-11)15-9-14(16)12-7-2-3-8-13(12)15/h2-3,7-8,11,14-15H,4-6,9-10,16H2,1H3. The Morgan fingerprint density at radius 3 is 2.59 bits per heavy atom. The second kappa shape index (κ2) is 4.43. The van der Waals surface area contributed by atoms with Crippen molar-refractivity contribution in [3.05, 3.63) is 35.4 Å². The molecule has 0 saturated heterocycles. The molecule has 2 atom stereocenters. The van der Waals surface area contributed by atoms with E-state index in [1.54, 1.807) is 0 Å². The molecule has 0 heterocycles. The first-order valence-corrected chi connectivity index (χ1v) is 6.80. The second-order valence-electron chi connectivity index (χ2n) is 5.72. The van der Waals surface area contributed by atoms with Crippen molar-refractivity contribution in [3.8, 4) is 0 Å². The summed E-state index contributed by atoms with van der Waals surface area (Å²) in [6, 6.07) is 9.47. The Balaban J connectivity index is 1.75. The molecule has 0 amide bonds. The first kappa shape index (κ1) is 11.2. The minimum Gasteiger partial charge on any atom is -0.324 e. The van der Waals surface area contributed by atoms with Crippen LogP contribution in [0.4, 0.5) is 0 Å². The van der Waals surface area contributed by atoms with E-state index in [9.17, 15) is 0 Å². The van der Waals surface area contributed by atoms with E-state index in [1.165, 1.54) is 36.9 Å². The average Bonchev–Trinajstić information content (AvgIpc) is 2.62. The Kier molecular flexibility index (Phi) is 2.93. The number of benzene rings is 1. The van der Waals surface area contributed by atoms with Gasteiger partial charge in [-0.25, -0.2) is 0 Å². The predicted molar refractivity (Wildman–Crippen MR) is 70.7 cm³/mol. The average molecular weight is 230 g/mol. The van der Waals surface area contributed by atoms with Gasteiger partial charge in [-0.1, -0.05) is 30.7 Å². The fourth-order valence-corrected chi connectivity index (χ4v) is 3.27. The quantitative estimate of drug-likeness (QED) is 0.865. The van der Waals surface area contributed by atoms with Crippen molar-refractivity contribution in [1.29, 1.82) is 0 Å². The highest BCUT2D eigenvalue weighted by molar-refractivity contribution is 5.37. The maximum absolute atomic E-state index is 6.23. The van der Waals surface area contributed by atoms with Gasteiger partial charge in [0.2, 0.25) is 0 Å². The molecule has 1 aromatic rings. The van der Waals surface area contributed by atoms with Gasteiger partial charge in [0.05, 0.1) is 0 Å². The normalized spacial score (nSPS) is 28.2. The molecule has 2 aliphatic carbocycles. The maximum Gasteiger partial charge on any atom is 0.0366 e. The van der Waals surface area contributed by atoms with Crippen LogP contribution in [0.15, 0.2) is 24.3 Å². The van der Waals surface area contributed by atoms with Crippen LogP contribution >= 0.6 is 0 Å². The van der Waals surface area contributed by atoms with Crippen molar-refractivity contribution in [2.45, 2.75) is 37.8 Å². The van der Waals surface area contributed by atoms with Crippen LogP contribution in [0.2, 0.25) is 0 Å². The summed E-state index contributed by atoms with van der Waals surface area (Å²) in [5.74, 6) is 0.934. The van der Waals surface area contributed by atoms with Gasteiger partial charge < -0.3 is 5.73 Å². The number of hydrogen-bond donors (Lipinski definition) is 1. The highest BCUT2D eigenvalue weighted by atomic mass is 15.1. The summed E-state index contributed by atoms with van der Waals surface area (Å²) >= 11 is 0. The van der Waals surface area contributed by atoms with Crippen molar-refractivity contribution < 1.29 is 0 Å². The molecule has 2 heteroatoms. The van der Waals surface area contributed by atoms with Gasteiger partial charge >= 0.3 is 0 Å². The molecule has 1 saturated carbocycles. The summed E-state index contributed by atoms with van der Waals surface area (Å²) in [6.07, 6.45) is 5.36. The van der Waals surface area contributed by atoms with Gasteiger partial charge in [0.15, 0.2) is 0 Å². The Morgan fingerprint density at radius 1 is 1.24 bits per heavy atom. The summed E-state index contributed by atoms with van der Waals surface area (Å²) in [7, 11) is 2.26. The Hall–Kier alpha value is -0.860. The van der Waals surface area contributed by atoms with Gasteiger partial charge in [0, 0.05) is 18.6 Å². The van der Waals surface area contributed by atoms with Crippen LogP contribution in [0.3, 0.4) is 0 Å². The summed E-state index contributed by atoms with van der Waals surface area (Å²) < 4.78 is 0. The van der Waals surface area contributed by atoms with E-state index in [2.05, 4.69) is 36.2 Å². The van der Waals surface area contributed by atoms with Gasteiger partial charge in [-0.3, -0.25) is 4.90 Å². The monoisotopic (exact) mass is 230 g/mol. The lowest BCUT2D eigenvalue weighted by atomic mass is 9.85. The molecule has 17 heavy (non-hydrogen) atoms. The molecule has 0 spiro atoms. The van der Waals surface area contributed by atoms with Crippen LogP contribution < -0.4 is 5.73 Å². The molecule has 2 N–H and O–H groups in total. The number of nitrogens with two attached hydrogens (primary N) is 1. The number of hydrogen-bond acceptors (Lipinski definition) is 2. The Bertz CT molecular complexity index is 398. The zero-order chi connectivity index (χ0) is 11.8. The molecule has 0 aliphatic heterocycles. The lowest BCUT2D eigenvalue weighted by molar-refractivity contribution is 0.159. The van der Waals surface area contributed by atoms with Gasteiger partial charge in [0.25, 0.3) is 0 Å². The molecule has 2 aliphatic rings. The van der Waals surface area contributed by atoms with Crippen molar-refractivity contribution in [1.82, 2.24) is 4.90 Å². The lowest BCUT2D eigenvalue weighted by Gasteiger charge is -2.33. The third kappa shape index (κ3) is 2.00. The second-order valence-corrected chi connectivity index (χ2v) is 5.72. The van der Waals surface area contributed by atoms with Crippen molar-refractivity contribution in [2.24, 2.45) is 11.7 Å². The van der Waals surface area contributed by atoms with Crippen molar-refractivity contribution >= 4 is 0 Å². The minimum absolute atomic E-state index is 0.236. The first-order chi connectivity index (χ1) is 8.25. The van der Waals surface area contributed by atoms with E-state index >= 15 is 0 Å². The van der Waals surface area contributed by atoms with Gasteiger partial charge in [0.1, 0.15) is 0 Å². The summed E-state index contributed by atoms with van der Waals surface area (Å²) in [4.78, 5) is 2.52. The van der Waals surface area contributed by atoms with E-state index in [4.69, 9.17) is 5.73 Å². The summed E-state index contributed by atoms with van der Waals surface area (Å²) in [5, 5.41) is 0.